The molecule has 92 valence electrons. The zero-order valence-corrected chi connectivity index (χ0v) is 9.53. The summed E-state index contributed by atoms with van der Waals surface area (Å²) in [5.74, 6) is -0.282. The van der Waals surface area contributed by atoms with E-state index in [1.165, 1.54) is 23.9 Å². The molecule has 1 heterocycles. The van der Waals surface area contributed by atoms with Gasteiger partial charge in [0.2, 0.25) is 0 Å². The van der Waals surface area contributed by atoms with E-state index in [-0.39, 0.29) is 17.3 Å². The van der Waals surface area contributed by atoms with Crippen LogP contribution < -0.4 is 5.32 Å². The second-order valence-electron chi connectivity index (χ2n) is 3.50. The summed E-state index contributed by atoms with van der Waals surface area (Å²) >= 11 is 0. The van der Waals surface area contributed by atoms with Crippen LogP contribution in [0.3, 0.4) is 0 Å². The number of benzene rings is 1. The van der Waals surface area contributed by atoms with Crippen molar-refractivity contribution in [2.24, 2.45) is 0 Å². The summed E-state index contributed by atoms with van der Waals surface area (Å²) in [5.41, 5.74) is 0.948. The summed E-state index contributed by atoms with van der Waals surface area (Å²) in [7, 11) is 1.52. The van der Waals surface area contributed by atoms with Crippen molar-refractivity contribution >= 4 is 11.6 Å². The van der Waals surface area contributed by atoms with Gasteiger partial charge in [-0.2, -0.15) is 5.10 Å². The van der Waals surface area contributed by atoms with Crippen LogP contribution in [0.25, 0.3) is 5.69 Å². The second kappa shape index (κ2) is 4.66. The molecule has 1 N–H and O–H groups in total. The van der Waals surface area contributed by atoms with E-state index in [2.05, 4.69) is 10.4 Å². The molecule has 2 rings (SSSR count). The summed E-state index contributed by atoms with van der Waals surface area (Å²) in [6.07, 6.45) is 1.62. The van der Waals surface area contributed by atoms with E-state index in [9.17, 15) is 14.9 Å². The van der Waals surface area contributed by atoms with Gasteiger partial charge in [0, 0.05) is 25.4 Å². The molecular formula is C11H10N4O3. The molecule has 1 amide bonds. The van der Waals surface area contributed by atoms with Crippen LogP contribution >= 0.6 is 0 Å². The molecule has 7 nitrogen and oxygen atoms in total. The predicted octanol–water partition coefficient (Wildman–Crippen LogP) is 1.14. The summed E-state index contributed by atoms with van der Waals surface area (Å²) in [6, 6.07) is 7.48. The van der Waals surface area contributed by atoms with Gasteiger partial charge in [-0.1, -0.05) is 0 Å². The fourth-order valence-corrected chi connectivity index (χ4v) is 1.44. The molecular weight excluding hydrogens is 236 g/mol. The lowest BCUT2D eigenvalue weighted by Gasteiger charge is -2.00. The van der Waals surface area contributed by atoms with E-state index < -0.39 is 4.92 Å². The largest absolute Gasteiger partial charge is 0.354 e. The molecule has 0 radical (unpaired) electrons. The smallest absolute Gasteiger partial charge is 0.271 e. The molecule has 0 unspecified atom stereocenters. The van der Waals surface area contributed by atoms with E-state index in [1.807, 2.05) is 0 Å². The zero-order valence-electron chi connectivity index (χ0n) is 9.53. The van der Waals surface area contributed by atoms with Crippen LogP contribution in [0.15, 0.2) is 36.5 Å². The summed E-state index contributed by atoms with van der Waals surface area (Å²) in [4.78, 5) is 21.4. The number of carbonyl (C=O) groups excluding carboxylic acids is 1. The predicted molar refractivity (Wildman–Crippen MR) is 63.6 cm³/mol. The Morgan fingerprint density at radius 1 is 1.33 bits per heavy atom. The van der Waals surface area contributed by atoms with Crippen LogP contribution in [0.2, 0.25) is 0 Å². The van der Waals surface area contributed by atoms with E-state index in [0.29, 0.717) is 5.69 Å². The quantitative estimate of drug-likeness (QED) is 0.649. The van der Waals surface area contributed by atoms with Crippen LogP contribution in [0.5, 0.6) is 0 Å². The number of rotatable bonds is 3. The Bertz CT molecular complexity index is 589. The number of hydrogen-bond donors (Lipinski definition) is 1. The molecule has 0 aliphatic heterocycles. The second-order valence-corrected chi connectivity index (χ2v) is 3.50. The molecule has 0 atom stereocenters. The minimum atomic E-state index is -0.469. The number of nitro groups is 1. The minimum absolute atomic E-state index is 0.0115. The summed E-state index contributed by atoms with van der Waals surface area (Å²) < 4.78 is 1.48. The van der Waals surface area contributed by atoms with Gasteiger partial charge in [-0.05, 0) is 18.2 Å². The van der Waals surface area contributed by atoms with Crippen molar-refractivity contribution in [3.05, 3.63) is 52.3 Å². The number of carbonyl (C=O) groups is 1. The standard InChI is InChI=1S/C11H10N4O3/c1-12-11(16)10-6-7-14(13-10)8-2-4-9(5-3-8)15(17)18/h2-7H,1H3,(H,12,16). The van der Waals surface area contributed by atoms with Crippen molar-refractivity contribution in [1.82, 2.24) is 15.1 Å². The zero-order chi connectivity index (χ0) is 13.1. The van der Waals surface area contributed by atoms with Crippen molar-refractivity contribution in [2.75, 3.05) is 7.05 Å². The summed E-state index contributed by atoms with van der Waals surface area (Å²) in [5, 5.41) is 17.0. The minimum Gasteiger partial charge on any atom is -0.354 e. The van der Waals surface area contributed by atoms with Gasteiger partial charge in [-0.3, -0.25) is 14.9 Å². The third-order valence-electron chi connectivity index (χ3n) is 2.37. The average molecular weight is 246 g/mol. The first-order valence-electron chi connectivity index (χ1n) is 5.14. The number of non-ortho nitro benzene ring substituents is 1. The summed E-state index contributed by atoms with van der Waals surface area (Å²) in [6.45, 7) is 0. The maximum absolute atomic E-state index is 11.3. The molecule has 0 aliphatic carbocycles. The van der Waals surface area contributed by atoms with Crippen molar-refractivity contribution in [3.63, 3.8) is 0 Å². The molecule has 1 aromatic carbocycles. The SMILES string of the molecule is CNC(=O)c1ccn(-c2ccc([N+](=O)[O-])cc2)n1. The molecule has 7 heteroatoms. The van der Waals surface area contributed by atoms with E-state index in [4.69, 9.17) is 0 Å². The molecule has 0 saturated heterocycles. The highest BCUT2D eigenvalue weighted by molar-refractivity contribution is 5.91. The number of nitrogens with one attached hydrogen (secondary N) is 1. The third-order valence-corrected chi connectivity index (χ3v) is 2.37. The third kappa shape index (κ3) is 2.19. The van der Waals surface area contributed by atoms with Crippen LogP contribution in [-0.4, -0.2) is 27.7 Å². The topological polar surface area (TPSA) is 90.1 Å². The highest BCUT2D eigenvalue weighted by Gasteiger charge is 2.09. The fraction of sp³-hybridized carbons (Fsp3) is 0.0909. The normalized spacial score (nSPS) is 10.1. The van der Waals surface area contributed by atoms with Gasteiger partial charge in [0.05, 0.1) is 10.6 Å². The molecule has 0 spiro atoms. The Morgan fingerprint density at radius 2 is 2.00 bits per heavy atom. The van der Waals surface area contributed by atoms with Gasteiger partial charge >= 0.3 is 0 Å². The van der Waals surface area contributed by atoms with Crippen LogP contribution in [-0.2, 0) is 0 Å². The van der Waals surface area contributed by atoms with Gasteiger partial charge in [-0.15, -0.1) is 0 Å². The van der Waals surface area contributed by atoms with Crippen LogP contribution in [0.1, 0.15) is 10.5 Å². The van der Waals surface area contributed by atoms with Crippen molar-refractivity contribution in [1.29, 1.82) is 0 Å². The lowest BCUT2D eigenvalue weighted by atomic mass is 10.3. The average Bonchev–Trinajstić information content (AvgIpc) is 2.87. The fourth-order valence-electron chi connectivity index (χ4n) is 1.44. The molecule has 0 aliphatic rings. The van der Waals surface area contributed by atoms with Crippen LogP contribution in [0, 0.1) is 10.1 Å². The Balaban J connectivity index is 2.29. The van der Waals surface area contributed by atoms with Crippen molar-refractivity contribution < 1.29 is 9.72 Å². The number of nitro benzene ring substituents is 1. The maximum atomic E-state index is 11.3. The molecule has 18 heavy (non-hydrogen) atoms. The molecule has 0 fully saturated rings. The highest BCUT2D eigenvalue weighted by atomic mass is 16.6. The monoisotopic (exact) mass is 246 g/mol. The van der Waals surface area contributed by atoms with E-state index in [1.54, 1.807) is 24.4 Å². The Kier molecular flexibility index (Phi) is 3.05. The molecule has 2 aromatic rings. The van der Waals surface area contributed by atoms with Crippen LogP contribution in [0.4, 0.5) is 5.69 Å². The lowest BCUT2D eigenvalue weighted by Crippen LogP contribution is -2.18. The first-order valence-corrected chi connectivity index (χ1v) is 5.14. The molecule has 0 bridgehead atoms. The first-order chi connectivity index (χ1) is 8.61. The molecule has 0 saturated carbocycles. The first kappa shape index (κ1) is 11.8. The Labute approximate surface area is 102 Å². The van der Waals surface area contributed by atoms with Gasteiger partial charge in [0.15, 0.2) is 5.69 Å². The number of amides is 1. The molecule has 1 aromatic heterocycles. The van der Waals surface area contributed by atoms with Crippen molar-refractivity contribution in [3.8, 4) is 5.69 Å². The number of nitrogens with zero attached hydrogens (tertiary/aromatic N) is 3. The number of aromatic nitrogens is 2. The maximum Gasteiger partial charge on any atom is 0.271 e. The van der Waals surface area contributed by atoms with Gasteiger partial charge in [0.25, 0.3) is 11.6 Å². The number of hydrogen-bond acceptors (Lipinski definition) is 4. The Morgan fingerprint density at radius 3 is 2.56 bits per heavy atom. The van der Waals surface area contributed by atoms with E-state index >= 15 is 0 Å². The van der Waals surface area contributed by atoms with Gasteiger partial charge in [0.1, 0.15) is 0 Å². The van der Waals surface area contributed by atoms with E-state index in [0.717, 1.165) is 0 Å². The van der Waals surface area contributed by atoms with Gasteiger partial charge in [-0.25, -0.2) is 4.68 Å². The lowest BCUT2D eigenvalue weighted by molar-refractivity contribution is -0.384. The Hall–Kier alpha value is -2.70. The van der Waals surface area contributed by atoms with Gasteiger partial charge < -0.3 is 5.32 Å². The highest BCUT2D eigenvalue weighted by Crippen LogP contribution is 2.14. The van der Waals surface area contributed by atoms with Crippen molar-refractivity contribution in [2.45, 2.75) is 0 Å².